The van der Waals surface area contributed by atoms with Gasteiger partial charge in [-0.1, -0.05) is 27.5 Å². The van der Waals surface area contributed by atoms with Crippen LogP contribution in [-0.4, -0.2) is 9.97 Å². The smallest absolute Gasteiger partial charge is 0.232 e. The summed E-state index contributed by atoms with van der Waals surface area (Å²) in [6, 6.07) is 3.91. The van der Waals surface area contributed by atoms with Crippen molar-refractivity contribution in [2.75, 3.05) is 0 Å². The van der Waals surface area contributed by atoms with E-state index >= 15 is 0 Å². The second-order valence-corrected chi connectivity index (χ2v) is 6.70. The molecule has 1 aromatic heterocycles. The van der Waals surface area contributed by atoms with E-state index < -0.39 is 11.7 Å². The number of fused-ring (bicyclic) bond motifs is 1. The molecule has 1 aliphatic rings. The van der Waals surface area contributed by atoms with Gasteiger partial charge in [-0.2, -0.15) is 24.9 Å². The second-order valence-electron chi connectivity index (χ2n) is 4.44. The molecule has 0 radical (unpaired) electrons. The van der Waals surface area contributed by atoms with E-state index in [1.165, 1.54) is 12.1 Å². The molecular weight excluding hydrogens is 389 g/mol. The summed E-state index contributed by atoms with van der Waals surface area (Å²) in [7, 11) is 0. The molecule has 3 rings (SSSR count). The van der Waals surface area contributed by atoms with Crippen LogP contribution in [0.1, 0.15) is 16.8 Å². The number of hydrogen-bond donors (Lipinski definition) is 0. The summed E-state index contributed by atoms with van der Waals surface area (Å²) in [5, 5.41) is 0.232. The molecule has 21 heavy (non-hydrogen) atoms. The van der Waals surface area contributed by atoms with Crippen LogP contribution in [0.4, 0.5) is 13.2 Å². The predicted octanol–water partition coefficient (Wildman–Crippen LogP) is 5.33. The van der Waals surface area contributed by atoms with Crippen LogP contribution in [-0.2, 0) is 17.7 Å². The Bertz CT molecular complexity index is 721. The topological polar surface area (TPSA) is 25.8 Å². The van der Waals surface area contributed by atoms with Gasteiger partial charge in [-0.15, -0.1) is 0 Å². The minimum absolute atomic E-state index is 0.0149. The highest BCUT2D eigenvalue weighted by molar-refractivity contribution is 9.10. The number of thioether (sulfide) groups is 1. The Morgan fingerprint density at radius 1 is 1.19 bits per heavy atom. The van der Waals surface area contributed by atoms with Crippen LogP contribution in [0.3, 0.4) is 0 Å². The largest absolute Gasteiger partial charge is 0.417 e. The van der Waals surface area contributed by atoms with Crippen molar-refractivity contribution >= 4 is 39.3 Å². The summed E-state index contributed by atoms with van der Waals surface area (Å²) in [6.45, 7) is 0. The predicted molar refractivity (Wildman–Crippen MR) is 80.2 cm³/mol. The van der Waals surface area contributed by atoms with Crippen LogP contribution in [0.2, 0.25) is 5.15 Å². The van der Waals surface area contributed by atoms with Crippen LogP contribution in [0.25, 0.3) is 11.4 Å². The Morgan fingerprint density at radius 2 is 1.95 bits per heavy atom. The number of alkyl halides is 3. The summed E-state index contributed by atoms with van der Waals surface area (Å²) in [5.74, 6) is 1.35. The highest BCUT2D eigenvalue weighted by Gasteiger charge is 2.35. The van der Waals surface area contributed by atoms with E-state index in [1.54, 1.807) is 11.8 Å². The first-order valence-electron chi connectivity index (χ1n) is 5.86. The monoisotopic (exact) mass is 394 g/mol. The van der Waals surface area contributed by atoms with Crippen molar-refractivity contribution in [2.45, 2.75) is 17.7 Å². The Hall–Kier alpha value is -0.790. The lowest BCUT2D eigenvalue weighted by Gasteiger charge is -2.13. The zero-order valence-corrected chi connectivity index (χ0v) is 13.5. The quantitative estimate of drug-likeness (QED) is 0.611. The van der Waals surface area contributed by atoms with E-state index in [0.29, 0.717) is 21.7 Å². The van der Waals surface area contributed by atoms with E-state index in [-0.39, 0.29) is 16.5 Å². The highest BCUT2D eigenvalue weighted by atomic mass is 79.9. The first kappa shape index (κ1) is 15.1. The molecule has 0 fully saturated rings. The number of aromatic nitrogens is 2. The van der Waals surface area contributed by atoms with Gasteiger partial charge in [0.05, 0.1) is 11.3 Å². The molecule has 1 aromatic carbocycles. The normalized spacial score (nSPS) is 14.3. The Balaban J connectivity index is 2.20. The summed E-state index contributed by atoms with van der Waals surface area (Å²) < 4.78 is 39.9. The second kappa shape index (κ2) is 5.44. The maximum absolute atomic E-state index is 13.2. The molecule has 0 unspecified atom stereocenters. The maximum Gasteiger partial charge on any atom is 0.417 e. The molecule has 0 N–H and O–H groups in total. The number of nitrogens with zero attached hydrogens (tertiary/aromatic N) is 2. The summed E-state index contributed by atoms with van der Waals surface area (Å²) in [6.07, 6.45) is -4.48. The molecule has 2 aromatic rings. The lowest BCUT2D eigenvalue weighted by atomic mass is 10.1. The molecule has 2 heterocycles. The lowest BCUT2D eigenvalue weighted by Crippen LogP contribution is -2.09. The zero-order chi connectivity index (χ0) is 15.2. The van der Waals surface area contributed by atoms with Gasteiger partial charge in [-0.3, -0.25) is 0 Å². The van der Waals surface area contributed by atoms with E-state index in [0.717, 1.165) is 11.6 Å². The molecular formula is C13H7BrClF3N2S. The Kier molecular flexibility index (Phi) is 3.92. The van der Waals surface area contributed by atoms with Gasteiger partial charge in [0.1, 0.15) is 5.15 Å². The first-order valence-corrected chi connectivity index (χ1v) is 8.19. The number of hydrogen-bond acceptors (Lipinski definition) is 3. The third-order valence-corrected chi connectivity index (χ3v) is 4.83. The van der Waals surface area contributed by atoms with Crippen LogP contribution >= 0.6 is 39.3 Å². The van der Waals surface area contributed by atoms with E-state index in [1.807, 2.05) is 0 Å². The summed E-state index contributed by atoms with van der Waals surface area (Å²) in [4.78, 5) is 8.30. The molecule has 8 heteroatoms. The van der Waals surface area contributed by atoms with Crippen LogP contribution in [0.15, 0.2) is 22.7 Å². The van der Waals surface area contributed by atoms with Crippen molar-refractivity contribution in [1.29, 1.82) is 0 Å². The highest BCUT2D eigenvalue weighted by Crippen LogP contribution is 2.39. The lowest BCUT2D eigenvalue weighted by molar-refractivity contribution is -0.137. The van der Waals surface area contributed by atoms with Crippen molar-refractivity contribution < 1.29 is 13.2 Å². The van der Waals surface area contributed by atoms with Gasteiger partial charge in [0, 0.05) is 27.1 Å². The average molecular weight is 396 g/mol. The van der Waals surface area contributed by atoms with Crippen molar-refractivity contribution in [3.8, 4) is 11.4 Å². The molecule has 0 amide bonds. The number of halogens is 5. The van der Waals surface area contributed by atoms with Crippen molar-refractivity contribution in [2.24, 2.45) is 0 Å². The van der Waals surface area contributed by atoms with Gasteiger partial charge in [-0.25, -0.2) is 9.97 Å². The minimum atomic E-state index is -4.48. The maximum atomic E-state index is 13.2. The summed E-state index contributed by atoms with van der Waals surface area (Å²) >= 11 is 10.7. The molecule has 0 bridgehead atoms. The van der Waals surface area contributed by atoms with Crippen molar-refractivity contribution in [3.05, 3.63) is 44.6 Å². The Labute approximate surface area is 136 Å². The molecule has 0 atom stereocenters. The zero-order valence-electron chi connectivity index (χ0n) is 10.3. The van der Waals surface area contributed by atoms with Crippen molar-refractivity contribution in [3.63, 3.8) is 0 Å². The van der Waals surface area contributed by atoms with Crippen LogP contribution < -0.4 is 0 Å². The number of rotatable bonds is 1. The van der Waals surface area contributed by atoms with Crippen molar-refractivity contribution in [1.82, 2.24) is 9.97 Å². The van der Waals surface area contributed by atoms with Gasteiger partial charge >= 0.3 is 6.18 Å². The van der Waals surface area contributed by atoms with Gasteiger partial charge < -0.3 is 0 Å². The molecule has 0 saturated heterocycles. The minimum Gasteiger partial charge on any atom is -0.232 e. The van der Waals surface area contributed by atoms with E-state index in [4.69, 9.17) is 11.6 Å². The standard InChI is InChI=1S/C13H7BrClF3N2S/c14-6-1-2-7(9(3-6)13(16,17)18)12-19-10-5-21-4-8(10)11(15)20-12/h1-3H,4-5H2. The van der Waals surface area contributed by atoms with Gasteiger partial charge in [-0.05, 0) is 18.2 Å². The Morgan fingerprint density at radius 3 is 2.67 bits per heavy atom. The van der Waals surface area contributed by atoms with Gasteiger partial charge in [0.25, 0.3) is 0 Å². The van der Waals surface area contributed by atoms with Crippen LogP contribution in [0, 0.1) is 0 Å². The SMILES string of the molecule is FC(F)(F)c1cc(Br)ccc1-c1nc(Cl)c2c(n1)CSC2. The first-order chi connectivity index (χ1) is 9.86. The van der Waals surface area contributed by atoms with E-state index in [9.17, 15) is 13.2 Å². The van der Waals surface area contributed by atoms with Gasteiger partial charge in [0.15, 0.2) is 5.82 Å². The van der Waals surface area contributed by atoms with Gasteiger partial charge in [0.2, 0.25) is 0 Å². The fourth-order valence-corrected chi connectivity index (χ4v) is 3.82. The third kappa shape index (κ3) is 2.91. The van der Waals surface area contributed by atoms with Crippen LogP contribution in [0.5, 0.6) is 0 Å². The fourth-order valence-electron chi connectivity index (χ4n) is 2.08. The third-order valence-electron chi connectivity index (χ3n) is 3.06. The molecule has 2 nitrogen and oxygen atoms in total. The molecule has 0 aliphatic carbocycles. The molecule has 110 valence electrons. The number of benzene rings is 1. The van der Waals surface area contributed by atoms with E-state index in [2.05, 4.69) is 25.9 Å². The average Bonchev–Trinajstić information content (AvgIpc) is 2.86. The summed E-state index contributed by atoms with van der Waals surface area (Å²) in [5.41, 5.74) is 0.688. The molecule has 1 aliphatic heterocycles. The fraction of sp³-hybridized carbons (Fsp3) is 0.231. The molecule has 0 saturated carbocycles. The molecule has 0 spiro atoms.